The van der Waals surface area contributed by atoms with Gasteiger partial charge in [-0.15, -0.1) is 4.84 Å². The third kappa shape index (κ3) is 1.40. The second-order valence-corrected chi connectivity index (χ2v) is 3.08. The van der Waals surface area contributed by atoms with Crippen molar-refractivity contribution in [3.8, 4) is 0 Å². The molecular weight excluding hydrogens is 156 g/mol. The lowest BCUT2D eigenvalue weighted by Gasteiger charge is -2.28. The van der Waals surface area contributed by atoms with Gasteiger partial charge in [-0.05, 0) is 12.8 Å². The Morgan fingerprint density at radius 2 is 2.33 bits per heavy atom. The number of nitrogens with zero attached hydrogens (tertiary/aromatic N) is 3. The summed E-state index contributed by atoms with van der Waals surface area (Å²) in [6.07, 6.45) is 3.66. The summed E-state index contributed by atoms with van der Waals surface area (Å²) in [6, 6.07) is 0.345. The Morgan fingerprint density at radius 1 is 1.58 bits per heavy atom. The molecule has 5 nitrogen and oxygen atoms in total. The molecule has 0 aromatic heterocycles. The molecule has 2 rings (SSSR count). The molecule has 0 spiro atoms. The van der Waals surface area contributed by atoms with E-state index < -0.39 is 0 Å². The maximum atomic E-state index is 5.76. The Kier molecular flexibility index (Phi) is 1.95. The molecular formula is C7H12N4O+. The summed E-state index contributed by atoms with van der Waals surface area (Å²) in [4.78, 5) is 7.05. The molecule has 5 heteroatoms. The van der Waals surface area contributed by atoms with Gasteiger partial charge in [0, 0.05) is 19.1 Å². The molecule has 0 aromatic carbocycles. The molecule has 2 heterocycles. The largest absolute Gasteiger partial charge is 0.469 e. The minimum absolute atomic E-state index is 0.345. The topological polar surface area (TPSA) is 65.0 Å². The third-order valence-corrected chi connectivity index (χ3v) is 2.20. The number of hydrogen-bond acceptors (Lipinski definition) is 5. The van der Waals surface area contributed by atoms with Gasteiger partial charge in [0.25, 0.3) is 0 Å². The fourth-order valence-electron chi connectivity index (χ4n) is 1.42. The van der Waals surface area contributed by atoms with Crippen LogP contribution in [0.1, 0.15) is 12.8 Å². The van der Waals surface area contributed by atoms with Gasteiger partial charge in [-0.25, -0.2) is 0 Å². The third-order valence-electron chi connectivity index (χ3n) is 2.20. The van der Waals surface area contributed by atoms with E-state index in [1.54, 1.807) is 6.20 Å². The highest BCUT2D eigenvalue weighted by atomic mass is 16.7. The Bertz CT molecular complexity index is 217. The minimum Gasteiger partial charge on any atom is -0.335 e. The minimum atomic E-state index is 0.345. The molecule has 0 bridgehead atoms. The fourth-order valence-corrected chi connectivity index (χ4v) is 1.42. The highest BCUT2D eigenvalue weighted by Crippen LogP contribution is 2.15. The predicted octanol–water partition coefficient (Wildman–Crippen LogP) is -0.0584. The van der Waals surface area contributed by atoms with Crippen molar-refractivity contribution in [2.24, 2.45) is 10.8 Å². The molecule has 65 valence electrons. The number of rotatable bonds is 1. The Balaban J connectivity index is 1.90. The highest BCUT2D eigenvalue weighted by molar-refractivity contribution is 4.94. The first-order chi connectivity index (χ1) is 5.86. The molecule has 0 atom stereocenters. The van der Waals surface area contributed by atoms with E-state index in [9.17, 15) is 0 Å². The zero-order valence-corrected chi connectivity index (χ0v) is 6.81. The molecule has 12 heavy (non-hydrogen) atoms. The Morgan fingerprint density at radius 3 is 2.92 bits per heavy atom. The second-order valence-electron chi connectivity index (χ2n) is 3.08. The molecule has 1 saturated heterocycles. The van der Waals surface area contributed by atoms with Crippen molar-refractivity contribution in [3.05, 3.63) is 12.1 Å². The SMILES string of the molecule is NC1CCN(C2=CN=[N+]O2)CC1. The van der Waals surface area contributed by atoms with Gasteiger partial charge in [-0.1, -0.05) is 0 Å². The molecule has 0 unspecified atom stereocenters. The Hall–Kier alpha value is -1.10. The van der Waals surface area contributed by atoms with Crippen LogP contribution in [-0.2, 0) is 4.84 Å². The lowest BCUT2D eigenvalue weighted by molar-refractivity contribution is 0.0724. The molecule has 0 aliphatic carbocycles. The molecule has 2 N–H and O–H groups in total. The van der Waals surface area contributed by atoms with E-state index in [-0.39, 0.29) is 0 Å². The van der Waals surface area contributed by atoms with Gasteiger partial charge >= 0.3 is 11.2 Å². The summed E-state index contributed by atoms with van der Waals surface area (Å²) in [6.45, 7) is 1.88. The van der Waals surface area contributed by atoms with Crippen molar-refractivity contribution in [1.29, 1.82) is 0 Å². The highest BCUT2D eigenvalue weighted by Gasteiger charge is 2.25. The lowest BCUT2D eigenvalue weighted by Crippen LogP contribution is -2.39. The van der Waals surface area contributed by atoms with Gasteiger partial charge in [0.2, 0.25) is 0 Å². The van der Waals surface area contributed by atoms with Gasteiger partial charge < -0.3 is 10.6 Å². The molecule has 1 radical (unpaired) electrons. The van der Waals surface area contributed by atoms with Crippen LogP contribution in [0.5, 0.6) is 0 Å². The summed E-state index contributed by atoms with van der Waals surface area (Å²) < 4.78 is 0. The molecule has 0 amide bonds. The molecule has 1 fully saturated rings. The molecule has 2 aliphatic rings. The van der Waals surface area contributed by atoms with Crippen LogP contribution in [0.15, 0.2) is 17.2 Å². The van der Waals surface area contributed by atoms with Crippen LogP contribution in [-0.4, -0.2) is 24.0 Å². The monoisotopic (exact) mass is 168 g/mol. The van der Waals surface area contributed by atoms with Gasteiger partial charge in [0.15, 0.2) is 6.20 Å². The first-order valence-corrected chi connectivity index (χ1v) is 4.14. The van der Waals surface area contributed by atoms with Gasteiger partial charge in [-0.2, -0.15) is 0 Å². The van der Waals surface area contributed by atoms with Crippen LogP contribution < -0.4 is 11.0 Å². The van der Waals surface area contributed by atoms with Crippen LogP contribution >= 0.6 is 0 Å². The van der Waals surface area contributed by atoms with Crippen molar-refractivity contribution in [2.45, 2.75) is 18.9 Å². The average molecular weight is 168 g/mol. The van der Waals surface area contributed by atoms with Crippen molar-refractivity contribution < 1.29 is 4.84 Å². The van der Waals surface area contributed by atoms with Gasteiger partial charge in [0.1, 0.15) is 5.11 Å². The van der Waals surface area contributed by atoms with Crippen LogP contribution in [0.2, 0.25) is 0 Å². The smallest absolute Gasteiger partial charge is 0.335 e. The molecule has 0 saturated carbocycles. The number of hydrogen-bond donors (Lipinski definition) is 1. The predicted molar refractivity (Wildman–Crippen MR) is 42.5 cm³/mol. The molecule has 2 aliphatic heterocycles. The fraction of sp³-hybridized carbons (Fsp3) is 0.714. The van der Waals surface area contributed by atoms with Crippen LogP contribution in [0.25, 0.3) is 0 Å². The first-order valence-electron chi connectivity index (χ1n) is 4.14. The zero-order valence-electron chi connectivity index (χ0n) is 6.81. The summed E-state index contributed by atoms with van der Waals surface area (Å²) in [5.74, 6) is 0.752. The standard InChI is InChI=1S/C7H12N4O/c8-6-1-3-11(4-2-6)7-5-9-10-12-7/h5-6H,1-4,8H2/q+1. The van der Waals surface area contributed by atoms with Crippen LogP contribution in [0.4, 0.5) is 0 Å². The van der Waals surface area contributed by atoms with E-state index in [1.165, 1.54) is 0 Å². The van der Waals surface area contributed by atoms with Crippen molar-refractivity contribution in [3.63, 3.8) is 0 Å². The van der Waals surface area contributed by atoms with Crippen molar-refractivity contribution in [2.75, 3.05) is 13.1 Å². The van der Waals surface area contributed by atoms with E-state index in [1.807, 2.05) is 0 Å². The summed E-state index contributed by atoms with van der Waals surface area (Å²) >= 11 is 0. The number of likely N-dealkylation sites (tertiary alicyclic amines) is 1. The lowest BCUT2D eigenvalue weighted by atomic mass is 10.1. The normalized spacial score (nSPS) is 24.1. The van der Waals surface area contributed by atoms with Crippen LogP contribution in [0.3, 0.4) is 0 Å². The van der Waals surface area contributed by atoms with Crippen molar-refractivity contribution in [1.82, 2.24) is 10.2 Å². The second kappa shape index (κ2) is 3.10. The van der Waals surface area contributed by atoms with Crippen LogP contribution in [0, 0.1) is 0 Å². The maximum absolute atomic E-state index is 5.76. The van der Waals surface area contributed by atoms with E-state index in [0.29, 0.717) is 6.04 Å². The maximum Gasteiger partial charge on any atom is 0.469 e. The zero-order chi connectivity index (χ0) is 8.39. The summed E-state index contributed by atoms with van der Waals surface area (Å²) in [5, 5.41) is 7.05. The summed E-state index contributed by atoms with van der Waals surface area (Å²) in [5.41, 5.74) is 5.76. The first kappa shape index (κ1) is 7.54. The van der Waals surface area contributed by atoms with Gasteiger partial charge in [0.05, 0.1) is 0 Å². The van der Waals surface area contributed by atoms with E-state index in [0.717, 1.165) is 31.8 Å². The van der Waals surface area contributed by atoms with E-state index in [4.69, 9.17) is 10.6 Å². The van der Waals surface area contributed by atoms with Gasteiger partial charge in [-0.3, -0.25) is 0 Å². The molecule has 0 aromatic rings. The number of piperidine rings is 1. The van der Waals surface area contributed by atoms with E-state index in [2.05, 4.69) is 15.3 Å². The summed E-state index contributed by atoms with van der Waals surface area (Å²) in [7, 11) is 0. The quantitative estimate of drug-likeness (QED) is 0.596. The Labute approximate surface area is 70.8 Å². The van der Waals surface area contributed by atoms with E-state index >= 15 is 0 Å². The van der Waals surface area contributed by atoms with Crippen molar-refractivity contribution >= 4 is 0 Å². The average Bonchev–Trinajstić information content (AvgIpc) is 2.58. The number of nitrogens with two attached hydrogens (primary N) is 1.